The van der Waals surface area contributed by atoms with Crippen LogP contribution in [0.2, 0.25) is 5.02 Å². The molecule has 21 heavy (non-hydrogen) atoms. The highest BCUT2D eigenvalue weighted by atomic mass is 79.9. The second-order valence-corrected chi connectivity index (χ2v) is 6.27. The first-order chi connectivity index (χ1) is 10.0. The van der Waals surface area contributed by atoms with Crippen molar-refractivity contribution in [2.45, 2.75) is 26.0 Å². The fourth-order valence-electron chi connectivity index (χ4n) is 2.12. The number of hydrazine groups is 1. The zero-order valence-electron chi connectivity index (χ0n) is 11.9. The molecule has 0 spiro atoms. The van der Waals surface area contributed by atoms with Crippen LogP contribution in [-0.2, 0) is 0 Å². The smallest absolute Gasteiger partial charge is 0.120 e. The third-order valence-corrected chi connectivity index (χ3v) is 4.22. The molecule has 2 rings (SSSR count). The third-order valence-electron chi connectivity index (χ3n) is 3.01. The van der Waals surface area contributed by atoms with Crippen LogP contribution in [-0.4, -0.2) is 6.10 Å². The van der Waals surface area contributed by atoms with Crippen molar-refractivity contribution in [2.75, 3.05) is 0 Å². The van der Waals surface area contributed by atoms with Gasteiger partial charge in [-0.25, -0.2) is 5.43 Å². The molecule has 1 unspecified atom stereocenters. The molecule has 0 radical (unpaired) electrons. The molecular formula is C16H18BrClN2O. The van der Waals surface area contributed by atoms with Crippen LogP contribution in [0.5, 0.6) is 5.75 Å². The lowest BCUT2D eigenvalue weighted by molar-refractivity contribution is 0.242. The topological polar surface area (TPSA) is 47.3 Å². The first-order valence-corrected chi connectivity index (χ1v) is 7.86. The first-order valence-electron chi connectivity index (χ1n) is 6.69. The van der Waals surface area contributed by atoms with Gasteiger partial charge in [-0.2, -0.15) is 0 Å². The Kier molecular flexibility index (Phi) is 5.65. The van der Waals surface area contributed by atoms with E-state index in [4.69, 9.17) is 22.2 Å². The third kappa shape index (κ3) is 4.20. The maximum atomic E-state index is 6.04. The van der Waals surface area contributed by atoms with E-state index in [0.717, 1.165) is 21.3 Å². The lowest BCUT2D eigenvalue weighted by atomic mass is 9.99. The molecule has 0 saturated heterocycles. The molecule has 2 aromatic carbocycles. The van der Waals surface area contributed by atoms with Gasteiger partial charge in [0.05, 0.1) is 17.2 Å². The predicted octanol–water partition coefficient (Wildman–Crippen LogP) is 4.44. The van der Waals surface area contributed by atoms with Crippen molar-refractivity contribution in [3.63, 3.8) is 0 Å². The molecule has 2 aromatic rings. The number of nitrogens with two attached hydrogens (primary N) is 1. The Morgan fingerprint density at radius 2 is 1.86 bits per heavy atom. The van der Waals surface area contributed by atoms with Gasteiger partial charge in [0.25, 0.3) is 0 Å². The molecule has 0 fully saturated rings. The van der Waals surface area contributed by atoms with Gasteiger partial charge in [-0.05, 0) is 65.2 Å². The highest BCUT2D eigenvalue weighted by molar-refractivity contribution is 9.10. The number of hydrogen-bond acceptors (Lipinski definition) is 3. The highest BCUT2D eigenvalue weighted by Crippen LogP contribution is 2.30. The van der Waals surface area contributed by atoms with Crippen LogP contribution in [0, 0.1) is 0 Å². The summed E-state index contributed by atoms with van der Waals surface area (Å²) in [5.41, 5.74) is 4.90. The number of halogens is 2. The average molecular weight is 370 g/mol. The van der Waals surface area contributed by atoms with Gasteiger partial charge in [-0.3, -0.25) is 5.84 Å². The van der Waals surface area contributed by atoms with Crippen LogP contribution in [0.3, 0.4) is 0 Å². The molecule has 5 heteroatoms. The summed E-state index contributed by atoms with van der Waals surface area (Å²) in [5.74, 6) is 6.57. The largest absolute Gasteiger partial charge is 0.491 e. The molecule has 0 aliphatic rings. The van der Waals surface area contributed by atoms with E-state index in [9.17, 15) is 0 Å². The van der Waals surface area contributed by atoms with Crippen LogP contribution >= 0.6 is 27.5 Å². The second kappa shape index (κ2) is 7.27. The second-order valence-electron chi connectivity index (χ2n) is 5.01. The Balaban J connectivity index is 2.34. The Bertz CT molecular complexity index is 619. The van der Waals surface area contributed by atoms with Gasteiger partial charge in [-0.15, -0.1) is 0 Å². The first kappa shape index (κ1) is 16.3. The fraction of sp³-hybridized carbons (Fsp3) is 0.250. The van der Waals surface area contributed by atoms with E-state index in [1.807, 2.05) is 56.3 Å². The van der Waals surface area contributed by atoms with Gasteiger partial charge in [-0.1, -0.05) is 29.8 Å². The van der Waals surface area contributed by atoms with Crippen molar-refractivity contribution < 1.29 is 4.74 Å². The lowest BCUT2D eigenvalue weighted by Crippen LogP contribution is -2.28. The normalized spacial score (nSPS) is 12.5. The van der Waals surface area contributed by atoms with Crippen LogP contribution < -0.4 is 16.0 Å². The molecule has 0 heterocycles. The van der Waals surface area contributed by atoms with Gasteiger partial charge < -0.3 is 4.74 Å². The number of rotatable bonds is 5. The van der Waals surface area contributed by atoms with E-state index in [-0.39, 0.29) is 12.1 Å². The molecule has 0 saturated carbocycles. The minimum Gasteiger partial charge on any atom is -0.491 e. The van der Waals surface area contributed by atoms with Crippen LogP contribution in [0.4, 0.5) is 0 Å². The van der Waals surface area contributed by atoms with Crippen molar-refractivity contribution in [1.82, 2.24) is 5.43 Å². The minimum atomic E-state index is -0.130. The average Bonchev–Trinajstić information content (AvgIpc) is 2.43. The van der Waals surface area contributed by atoms with Crippen molar-refractivity contribution in [3.05, 3.63) is 63.1 Å². The standard InChI is InChI=1S/C16H18BrClN2O/c1-10(2)21-13-5-3-4-11(8-13)16(20-19)12-6-7-15(18)14(17)9-12/h3-10,16,20H,19H2,1-2H3. The zero-order valence-corrected chi connectivity index (χ0v) is 14.3. The maximum absolute atomic E-state index is 6.04. The summed E-state index contributed by atoms with van der Waals surface area (Å²) in [5, 5.41) is 0.673. The van der Waals surface area contributed by atoms with E-state index in [2.05, 4.69) is 21.4 Å². The highest BCUT2D eigenvalue weighted by Gasteiger charge is 2.14. The Labute approximate surface area is 138 Å². The van der Waals surface area contributed by atoms with Gasteiger partial charge in [0.15, 0.2) is 0 Å². The number of nitrogens with one attached hydrogen (secondary N) is 1. The van der Waals surface area contributed by atoms with Crippen LogP contribution in [0.1, 0.15) is 31.0 Å². The van der Waals surface area contributed by atoms with E-state index >= 15 is 0 Å². The Hall–Kier alpha value is -1.07. The van der Waals surface area contributed by atoms with E-state index in [1.165, 1.54) is 0 Å². The quantitative estimate of drug-likeness (QED) is 0.605. The molecular weight excluding hydrogens is 352 g/mol. The summed E-state index contributed by atoms with van der Waals surface area (Å²) in [7, 11) is 0. The van der Waals surface area contributed by atoms with E-state index in [0.29, 0.717) is 5.02 Å². The molecule has 0 aliphatic heterocycles. The van der Waals surface area contributed by atoms with Gasteiger partial charge in [0, 0.05) is 4.47 Å². The molecule has 3 nitrogen and oxygen atoms in total. The fourth-order valence-corrected chi connectivity index (χ4v) is 2.63. The van der Waals surface area contributed by atoms with E-state index < -0.39 is 0 Å². The van der Waals surface area contributed by atoms with Crippen molar-refractivity contribution >= 4 is 27.5 Å². The van der Waals surface area contributed by atoms with E-state index in [1.54, 1.807) is 0 Å². The van der Waals surface area contributed by atoms with Gasteiger partial charge >= 0.3 is 0 Å². The number of hydrogen-bond donors (Lipinski definition) is 2. The molecule has 0 bridgehead atoms. The molecule has 3 N–H and O–H groups in total. The van der Waals surface area contributed by atoms with Gasteiger partial charge in [0.2, 0.25) is 0 Å². The Morgan fingerprint density at radius 1 is 1.14 bits per heavy atom. The summed E-state index contributed by atoms with van der Waals surface area (Å²) in [6.45, 7) is 4.00. The van der Waals surface area contributed by atoms with Gasteiger partial charge in [0.1, 0.15) is 5.75 Å². The van der Waals surface area contributed by atoms with Crippen molar-refractivity contribution in [2.24, 2.45) is 5.84 Å². The SMILES string of the molecule is CC(C)Oc1cccc(C(NN)c2ccc(Cl)c(Br)c2)c1. The summed E-state index contributed by atoms with van der Waals surface area (Å²) in [4.78, 5) is 0. The van der Waals surface area contributed by atoms with Crippen LogP contribution in [0.25, 0.3) is 0 Å². The van der Waals surface area contributed by atoms with Crippen LogP contribution in [0.15, 0.2) is 46.9 Å². The Morgan fingerprint density at radius 3 is 2.48 bits per heavy atom. The molecule has 0 aliphatic carbocycles. The summed E-state index contributed by atoms with van der Waals surface area (Å²) in [6, 6.07) is 13.5. The summed E-state index contributed by atoms with van der Waals surface area (Å²) in [6.07, 6.45) is 0.134. The monoisotopic (exact) mass is 368 g/mol. The molecule has 112 valence electrons. The maximum Gasteiger partial charge on any atom is 0.120 e. The molecule has 0 amide bonds. The number of benzene rings is 2. The number of ether oxygens (including phenoxy) is 1. The van der Waals surface area contributed by atoms with Crippen molar-refractivity contribution in [1.29, 1.82) is 0 Å². The zero-order chi connectivity index (χ0) is 15.4. The summed E-state index contributed by atoms with van der Waals surface area (Å²) < 4.78 is 6.57. The lowest BCUT2D eigenvalue weighted by Gasteiger charge is -2.19. The molecule has 0 aromatic heterocycles. The molecule has 1 atom stereocenters. The summed E-state index contributed by atoms with van der Waals surface area (Å²) >= 11 is 9.48. The minimum absolute atomic E-state index is 0.130. The predicted molar refractivity (Wildman–Crippen MR) is 90.5 cm³/mol. The van der Waals surface area contributed by atoms with Crippen molar-refractivity contribution in [3.8, 4) is 5.75 Å².